The monoisotopic (exact) mass is 151 g/mol. The van der Waals surface area contributed by atoms with Crippen molar-refractivity contribution >= 4 is 5.78 Å². The molecule has 0 aliphatic carbocycles. The molecule has 1 aliphatic rings. The Kier molecular flexibility index (Phi) is 3.13. The van der Waals surface area contributed by atoms with Crippen LogP contribution in [0.4, 0.5) is 0 Å². The van der Waals surface area contributed by atoms with Crippen LogP contribution in [0.1, 0.15) is 19.8 Å². The molecular formula is C9H13NO. The molecule has 0 bridgehead atoms. The van der Waals surface area contributed by atoms with Gasteiger partial charge in [-0.2, -0.15) is 0 Å². The molecule has 60 valence electrons. The van der Waals surface area contributed by atoms with E-state index in [0.717, 1.165) is 19.5 Å². The molecule has 1 fully saturated rings. The number of nitrogens with one attached hydrogen (secondary N) is 1. The van der Waals surface area contributed by atoms with Gasteiger partial charge in [-0.15, -0.1) is 11.8 Å². The fourth-order valence-corrected chi connectivity index (χ4v) is 1.22. The first kappa shape index (κ1) is 8.29. The SMILES string of the molecule is CC#CCC1CNCCC1=O. The van der Waals surface area contributed by atoms with E-state index < -0.39 is 0 Å². The van der Waals surface area contributed by atoms with Gasteiger partial charge in [0.2, 0.25) is 0 Å². The highest BCUT2D eigenvalue weighted by Crippen LogP contribution is 2.08. The maximum Gasteiger partial charge on any atom is 0.139 e. The Morgan fingerprint density at radius 1 is 1.73 bits per heavy atom. The van der Waals surface area contributed by atoms with Crippen molar-refractivity contribution in [1.82, 2.24) is 5.32 Å². The number of Topliss-reactive ketones (excluding diaryl/α,β-unsaturated/α-hetero) is 1. The Bertz CT molecular complexity index is 199. The van der Waals surface area contributed by atoms with Gasteiger partial charge in [0.25, 0.3) is 0 Å². The first-order valence-electron chi connectivity index (χ1n) is 3.97. The third-order valence-electron chi connectivity index (χ3n) is 1.92. The van der Waals surface area contributed by atoms with Crippen molar-refractivity contribution in [3.63, 3.8) is 0 Å². The van der Waals surface area contributed by atoms with Crippen LogP contribution in [0.15, 0.2) is 0 Å². The first-order valence-corrected chi connectivity index (χ1v) is 3.97. The second-order valence-electron chi connectivity index (χ2n) is 2.75. The molecule has 1 atom stereocenters. The quantitative estimate of drug-likeness (QED) is 0.555. The molecule has 0 spiro atoms. The van der Waals surface area contributed by atoms with Gasteiger partial charge >= 0.3 is 0 Å². The van der Waals surface area contributed by atoms with Crippen molar-refractivity contribution in [1.29, 1.82) is 0 Å². The lowest BCUT2D eigenvalue weighted by Crippen LogP contribution is -2.36. The normalized spacial score (nSPS) is 24.1. The molecule has 0 amide bonds. The minimum atomic E-state index is 0.149. The maximum atomic E-state index is 11.2. The summed E-state index contributed by atoms with van der Waals surface area (Å²) in [7, 11) is 0. The van der Waals surface area contributed by atoms with Crippen LogP contribution in [0, 0.1) is 17.8 Å². The van der Waals surface area contributed by atoms with Crippen LogP contribution in [-0.4, -0.2) is 18.9 Å². The molecule has 0 aromatic heterocycles. The lowest BCUT2D eigenvalue weighted by Gasteiger charge is -2.19. The smallest absolute Gasteiger partial charge is 0.139 e. The summed E-state index contributed by atoms with van der Waals surface area (Å²) in [4.78, 5) is 11.2. The highest BCUT2D eigenvalue weighted by molar-refractivity contribution is 5.82. The number of hydrogen-bond donors (Lipinski definition) is 1. The Morgan fingerprint density at radius 3 is 3.18 bits per heavy atom. The van der Waals surface area contributed by atoms with E-state index in [4.69, 9.17) is 0 Å². The van der Waals surface area contributed by atoms with Crippen molar-refractivity contribution in [3.05, 3.63) is 0 Å². The molecule has 0 aromatic rings. The number of carbonyl (C=O) groups excluding carboxylic acids is 1. The zero-order valence-corrected chi connectivity index (χ0v) is 6.81. The predicted molar refractivity (Wildman–Crippen MR) is 44.1 cm³/mol. The minimum Gasteiger partial charge on any atom is -0.316 e. The van der Waals surface area contributed by atoms with E-state index in [0.29, 0.717) is 12.2 Å². The summed E-state index contributed by atoms with van der Waals surface area (Å²) in [5.74, 6) is 6.26. The van der Waals surface area contributed by atoms with Crippen LogP contribution in [0.25, 0.3) is 0 Å². The summed E-state index contributed by atoms with van der Waals surface area (Å²) in [6, 6.07) is 0. The summed E-state index contributed by atoms with van der Waals surface area (Å²) in [5.41, 5.74) is 0. The second kappa shape index (κ2) is 4.15. The lowest BCUT2D eigenvalue weighted by molar-refractivity contribution is -0.123. The van der Waals surface area contributed by atoms with Crippen molar-refractivity contribution in [2.45, 2.75) is 19.8 Å². The van der Waals surface area contributed by atoms with Crippen LogP contribution in [0.2, 0.25) is 0 Å². The van der Waals surface area contributed by atoms with E-state index in [9.17, 15) is 4.79 Å². The van der Waals surface area contributed by atoms with Crippen molar-refractivity contribution < 1.29 is 4.79 Å². The minimum absolute atomic E-state index is 0.149. The number of piperidine rings is 1. The van der Waals surface area contributed by atoms with Gasteiger partial charge in [0.1, 0.15) is 5.78 Å². The second-order valence-corrected chi connectivity index (χ2v) is 2.75. The van der Waals surface area contributed by atoms with Crippen molar-refractivity contribution in [3.8, 4) is 11.8 Å². The number of carbonyl (C=O) groups is 1. The summed E-state index contributed by atoms with van der Waals surface area (Å²) in [5, 5.41) is 3.19. The van der Waals surface area contributed by atoms with Crippen LogP contribution < -0.4 is 5.32 Å². The van der Waals surface area contributed by atoms with Gasteiger partial charge < -0.3 is 5.32 Å². The van der Waals surface area contributed by atoms with Gasteiger partial charge in [-0.1, -0.05) is 0 Å². The molecule has 11 heavy (non-hydrogen) atoms. The third-order valence-corrected chi connectivity index (χ3v) is 1.92. The molecule has 0 aromatic carbocycles. The van der Waals surface area contributed by atoms with E-state index in [1.54, 1.807) is 6.92 Å². The zero-order chi connectivity index (χ0) is 8.10. The molecular weight excluding hydrogens is 138 g/mol. The average molecular weight is 151 g/mol. The highest BCUT2D eigenvalue weighted by atomic mass is 16.1. The van der Waals surface area contributed by atoms with Gasteiger partial charge in [0.15, 0.2) is 0 Å². The van der Waals surface area contributed by atoms with Crippen LogP contribution in [-0.2, 0) is 4.79 Å². The fourth-order valence-electron chi connectivity index (χ4n) is 1.22. The molecule has 0 radical (unpaired) electrons. The lowest BCUT2D eigenvalue weighted by atomic mass is 9.95. The van der Waals surface area contributed by atoms with Crippen molar-refractivity contribution in [2.24, 2.45) is 5.92 Å². The topological polar surface area (TPSA) is 29.1 Å². The molecule has 2 nitrogen and oxygen atoms in total. The number of rotatable bonds is 1. The predicted octanol–water partition coefficient (Wildman–Crippen LogP) is 0.578. The standard InChI is InChI=1S/C9H13NO/c1-2-3-4-8-7-10-6-5-9(8)11/h8,10H,4-7H2,1H3. The number of ketones is 1. The Labute approximate surface area is 67.4 Å². The average Bonchev–Trinajstić information content (AvgIpc) is 2.03. The Hall–Kier alpha value is -0.810. The summed E-state index contributed by atoms with van der Waals surface area (Å²) in [6.45, 7) is 3.46. The van der Waals surface area contributed by atoms with Gasteiger partial charge in [0, 0.05) is 31.8 Å². The molecule has 1 saturated heterocycles. The molecule has 1 heterocycles. The largest absolute Gasteiger partial charge is 0.316 e. The number of hydrogen-bond acceptors (Lipinski definition) is 2. The Morgan fingerprint density at radius 2 is 2.55 bits per heavy atom. The third kappa shape index (κ3) is 2.36. The van der Waals surface area contributed by atoms with E-state index in [2.05, 4.69) is 17.2 Å². The van der Waals surface area contributed by atoms with Gasteiger partial charge in [-0.3, -0.25) is 4.79 Å². The first-order chi connectivity index (χ1) is 5.34. The molecule has 1 N–H and O–H groups in total. The fraction of sp³-hybridized carbons (Fsp3) is 0.667. The van der Waals surface area contributed by atoms with Crippen LogP contribution >= 0.6 is 0 Å². The summed E-state index contributed by atoms with van der Waals surface area (Å²) in [6.07, 6.45) is 1.40. The van der Waals surface area contributed by atoms with E-state index in [1.165, 1.54) is 0 Å². The van der Waals surface area contributed by atoms with Gasteiger partial charge in [0.05, 0.1) is 0 Å². The van der Waals surface area contributed by atoms with Crippen molar-refractivity contribution in [2.75, 3.05) is 13.1 Å². The van der Waals surface area contributed by atoms with Gasteiger partial charge in [-0.25, -0.2) is 0 Å². The molecule has 1 unspecified atom stereocenters. The van der Waals surface area contributed by atoms with E-state index >= 15 is 0 Å². The maximum absolute atomic E-state index is 11.2. The van der Waals surface area contributed by atoms with Crippen LogP contribution in [0.3, 0.4) is 0 Å². The molecule has 1 aliphatic heterocycles. The summed E-state index contributed by atoms with van der Waals surface area (Å²) < 4.78 is 0. The van der Waals surface area contributed by atoms with E-state index in [-0.39, 0.29) is 5.92 Å². The molecule has 0 saturated carbocycles. The Balaban J connectivity index is 2.39. The van der Waals surface area contributed by atoms with E-state index in [1.807, 2.05) is 0 Å². The zero-order valence-electron chi connectivity index (χ0n) is 6.81. The highest BCUT2D eigenvalue weighted by Gasteiger charge is 2.20. The van der Waals surface area contributed by atoms with Gasteiger partial charge in [-0.05, 0) is 6.92 Å². The molecule has 1 rings (SSSR count). The summed E-state index contributed by atoms with van der Waals surface area (Å²) >= 11 is 0. The molecule has 2 heteroatoms. The van der Waals surface area contributed by atoms with Crippen LogP contribution in [0.5, 0.6) is 0 Å².